The van der Waals surface area contributed by atoms with Crippen molar-refractivity contribution < 1.29 is 58.5 Å². The zero-order chi connectivity index (χ0) is 55.8. The van der Waals surface area contributed by atoms with Crippen LogP contribution in [-0.4, -0.2) is 140 Å². The number of unbranched alkanes of at least 4 members (excludes halogenated alkanes) is 1. The van der Waals surface area contributed by atoms with Gasteiger partial charge in [0.15, 0.2) is 0 Å². The number of para-hydroxylation sites is 1. The highest BCUT2D eigenvalue weighted by atomic mass is 33.1. The lowest BCUT2D eigenvalue weighted by molar-refractivity contribution is -0.143. The summed E-state index contributed by atoms with van der Waals surface area (Å²) < 4.78 is 0.888. The number of phenols is 1. The van der Waals surface area contributed by atoms with E-state index in [-0.39, 0.29) is 49.5 Å². The summed E-state index contributed by atoms with van der Waals surface area (Å²) in [6, 6.07) is 8.89. The van der Waals surface area contributed by atoms with Crippen LogP contribution in [0.5, 0.6) is 5.75 Å². The van der Waals surface area contributed by atoms with Gasteiger partial charge < -0.3 is 69.0 Å². The first kappa shape index (κ1) is 59.1. The zero-order valence-corrected chi connectivity index (χ0v) is 44.7. The topological polar surface area (TPSA) is 366 Å². The van der Waals surface area contributed by atoms with Crippen LogP contribution in [0.4, 0.5) is 0 Å². The third-order valence-corrected chi connectivity index (χ3v) is 16.2. The number of nitrogens with one attached hydrogen (secondary N) is 8. The van der Waals surface area contributed by atoms with Gasteiger partial charge in [-0.1, -0.05) is 84.0 Å². The number of carbonyl (C=O) groups excluding carboxylic acids is 7. The number of phenolic OH excluding ortho intramolecular Hbond substituents is 1. The number of aromatic nitrogens is 1. The number of H-pyrrole nitrogens is 1. The molecule has 15 N–H and O–H groups in total. The minimum absolute atomic E-state index is 0.0217. The van der Waals surface area contributed by atoms with Crippen molar-refractivity contribution >= 4 is 107 Å². The van der Waals surface area contributed by atoms with Gasteiger partial charge in [0, 0.05) is 52.6 Å². The second-order valence-electron chi connectivity index (χ2n) is 18.9. The standard InChI is InChI=1S/C52H64N10O12S3/c1-27(2)44(52(73)74)62-51(72)41-26-77-76-25-40(60-45(66)34(54)22-43(64)65)50(71)59-39(21-30-24-75-42-13-6-4-10-33(30)42)49(70)58-38(20-29-23-55-35-11-5-3-9-32(29)35)48(69)56-36(12-7-8-18-53)46(67)57-37(47(68)61-41)19-28-14-16-31(63)17-15-28/h3-6,9-11,13-17,23-24,27,34,36-41,44,55,63H,7-8,12,18-22,25-26,53-54H2,1-2H3,(H,56,69)(H,57,67)(H,58,70)(H,59,71)(H,60,66)(H,61,68)(H,62,72)(H,64,65)(H,73,74)/t34-,36-,37-,38-,39-,40-,41-,44-/m0/s1. The van der Waals surface area contributed by atoms with Crippen molar-refractivity contribution in [1.29, 1.82) is 0 Å². The van der Waals surface area contributed by atoms with E-state index in [2.05, 4.69) is 42.2 Å². The molecular weight excluding hydrogens is 1050 g/mol. The number of fused-ring (bicyclic) bond motifs is 2. The minimum Gasteiger partial charge on any atom is -0.508 e. The number of carboxylic acids is 2. The average Bonchev–Trinajstić information content (AvgIpc) is 4.01. The van der Waals surface area contributed by atoms with Gasteiger partial charge in [-0.3, -0.25) is 38.4 Å². The summed E-state index contributed by atoms with van der Waals surface area (Å²) in [5.41, 5.74) is 14.3. The maximum Gasteiger partial charge on any atom is 0.326 e. The Balaban J connectivity index is 1.45. The quantitative estimate of drug-likeness (QED) is 0.0438. The lowest BCUT2D eigenvalue weighted by Crippen LogP contribution is -2.61. The third-order valence-electron chi connectivity index (χ3n) is 12.7. The molecule has 0 radical (unpaired) electrons. The normalized spacial score (nSPS) is 21.2. The Morgan fingerprint density at radius 1 is 0.701 bits per heavy atom. The molecule has 0 spiro atoms. The van der Waals surface area contributed by atoms with E-state index in [4.69, 9.17) is 11.5 Å². The molecule has 0 bridgehead atoms. The second-order valence-corrected chi connectivity index (χ2v) is 22.4. The molecule has 0 saturated carbocycles. The molecule has 77 heavy (non-hydrogen) atoms. The number of hydrogen-bond donors (Lipinski definition) is 13. The summed E-state index contributed by atoms with van der Waals surface area (Å²) in [6.45, 7) is 3.40. The average molecular weight is 1120 g/mol. The van der Waals surface area contributed by atoms with Gasteiger partial charge in [-0.05, 0) is 83.4 Å². The smallest absolute Gasteiger partial charge is 0.326 e. The molecule has 0 aliphatic carbocycles. The summed E-state index contributed by atoms with van der Waals surface area (Å²) in [5, 5.41) is 51.6. The maximum absolute atomic E-state index is 15.0. The van der Waals surface area contributed by atoms with E-state index < -0.39 is 114 Å². The van der Waals surface area contributed by atoms with E-state index >= 15 is 0 Å². The molecule has 412 valence electrons. The van der Waals surface area contributed by atoms with E-state index in [0.717, 1.165) is 42.6 Å². The number of carboxylic acid groups (broad SMARTS) is 2. The van der Waals surface area contributed by atoms with Gasteiger partial charge in [0.1, 0.15) is 48.0 Å². The van der Waals surface area contributed by atoms with Crippen LogP contribution in [0.15, 0.2) is 84.4 Å². The summed E-state index contributed by atoms with van der Waals surface area (Å²) in [6.07, 6.45) is 1.28. The van der Waals surface area contributed by atoms with Crippen LogP contribution in [0.25, 0.3) is 21.0 Å². The number of hydrogen-bond acceptors (Lipinski definition) is 15. The van der Waals surface area contributed by atoms with Crippen LogP contribution in [0.3, 0.4) is 0 Å². The van der Waals surface area contributed by atoms with E-state index in [1.54, 1.807) is 26.1 Å². The highest BCUT2D eigenvalue weighted by Gasteiger charge is 2.36. The number of aromatic hydroxyl groups is 1. The van der Waals surface area contributed by atoms with Crippen LogP contribution < -0.4 is 48.7 Å². The highest BCUT2D eigenvalue weighted by molar-refractivity contribution is 8.76. The van der Waals surface area contributed by atoms with Gasteiger partial charge in [0.05, 0.1) is 12.5 Å². The molecule has 5 aromatic rings. The van der Waals surface area contributed by atoms with Crippen LogP contribution in [0.2, 0.25) is 0 Å². The summed E-state index contributed by atoms with van der Waals surface area (Å²) >= 11 is 1.41. The van der Waals surface area contributed by atoms with Crippen LogP contribution in [0, 0.1) is 5.92 Å². The molecule has 1 aliphatic rings. The zero-order valence-electron chi connectivity index (χ0n) is 42.2. The Hall–Kier alpha value is -7.19. The first-order valence-electron chi connectivity index (χ1n) is 24.9. The Morgan fingerprint density at radius 3 is 1.95 bits per heavy atom. The number of aromatic amines is 1. The maximum atomic E-state index is 15.0. The highest BCUT2D eigenvalue weighted by Crippen LogP contribution is 2.28. The number of rotatable bonds is 18. The van der Waals surface area contributed by atoms with Gasteiger partial charge in [-0.15, -0.1) is 11.3 Å². The van der Waals surface area contributed by atoms with Crippen molar-refractivity contribution in [2.45, 2.75) is 107 Å². The molecule has 3 aromatic carbocycles. The molecular formula is C52H64N10O12S3. The molecule has 22 nitrogen and oxygen atoms in total. The monoisotopic (exact) mass is 1120 g/mol. The largest absolute Gasteiger partial charge is 0.508 e. The van der Waals surface area contributed by atoms with Gasteiger partial charge in [-0.25, -0.2) is 4.79 Å². The fraction of sp³-hybridized carbons (Fsp3) is 0.404. The lowest BCUT2D eigenvalue weighted by atomic mass is 10.00. The molecule has 1 saturated heterocycles. The van der Waals surface area contributed by atoms with Crippen molar-refractivity contribution in [3.05, 3.63) is 101 Å². The number of amides is 7. The second kappa shape index (κ2) is 28.3. The van der Waals surface area contributed by atoms with E-state index in [9.17, 15) is 58.5 Å². The summed E-state index contributed by atoms with van der Waals surface area (Å²) in [5.74, 6) is -10.1. The number of nitrogens with two attached hydrogens (primary N) is 2. The van der Waals surface area contributed by atoms with Crippen LogP contribution >= 0.6 is 32.9 Å². The predicted molar refractivity (Wildman–Crippen MR) is 293 cm³/mol. The van der Waals surface area contributed by atoms with Gasteiger partial charge >= 0.3 is 11.9 Å². The molecule has 3 heterocycles. The number of aliphatic carboxylic acids is 2. The molecule has 25 heteroatoms. The van der Waals surface area contributed by atoms with Gasteiger partial charge in [-0.2, -0.15) is 0 Å². The molecule has 2 aromatic heterocycles. The van der Waals surface area contributed by atoms with Gasteiger partial charge in [0.2, 0.25) is 41.4 Å². The Morgan fingerprint density at radius 2 is 1.29 bits per heavy atom. The molecule has 6 rings (SSSR count). The summed E-state index contributed by atoms with van der Waals surface area (Å²) in [4.78, 5) is 128. The van der Waals surface area contributed by atoms with Crippen LogP contribution in [0.1, 0.15) is 56.2 Å². The molecule has 7 amide bonds. The fourth-order valence-corrected chi connectivity index (χ4v) is 11.8. The fourth-order valence-electron chi connectivity index (χ4n) is 8.48. The Bertz CT molecular complexity index is 2920. The van der Waals surface area contributed by atoms with Crippen molar-refractivity contribution in [2.75, 3.05) is 18.1 Å². The molecule has 8 atom stereocenters. The molecule has 1 fully saturated rings. The third kappa shape index (κ3) is 16.9. The number of carbonyl (C=O) groups is 9. The predicted octanol–water partition coefficient (Wildman–Crippen LogP) is 1.58. The van der Waals surface area contributed by atoms with Crippen molar-refractivity contribution in [3.63, 3.8) is 0 Å². The van der Waals surface area contributed by atoms with Crippen molar-refractivity contribution in [1.82, 2.24) is 42.2 Å². The van der Waals surface area contributed by atoms with Crippen molar-refractivity contribution in [2.24, 2.45) is 17.4 Å². The number of thiophene rings is 1. The number of benzene rings is 3. The van der Waals surface area contributed by atoms with E-state index in [1.807, 2.05) is 47.8 Å². The first-order chi connectivity index (χ1) is 36.8. The first-order valence-corrected chi connectivity index (χ1v) is 28.2. The van der Waals surface area contributed by atoms with Crippen molar-refractivity contribution in [3.8, 4) is 5.75 Å². The molecule has 1 aliphatic heterocycles. The summed E-state index contributed by atoms with van der Waals surface area (Å²) in [7, 11) is 1.89. The van der Waals surface area contributed by atoms with E-state index in [0.29, 0.717) is 29.5 Å². The van der Waals surface area contributed by atoms with E-state index in [1.165, 1.54) is 35.6 Å². The van der Waals surface area contributed by atoms with Gasteiger partial charge in [0.25, 0.3) is 0 Å². The minimum atomic E-state index is -1.60. The lowest BCUT2D eigenvalue weighted by Gasteiger charge is -2.29. The SMILES string of the molecule is CC(C)[C@H](NC(=O)[C@@H]1CSSC[C@H](NC(=O)[C@@H](N)CC(=O)O)C(=O)N[C@@H](Cc2csc3ccccc23)C(=O)N[C@@H](Cc2c[nH]c3ccccc23)C(=O)N[C@@H](CCCCN)C(=O)N[C@@H](Cc2ccc(O)cc2)C(=O)N1)C(=O)O. The molecule has 0 unspecified atom stereocenters. The Labute approximate surface area is 455 Å². The Kier molecular flexibility index (Phi) is 21.7. The van der Waals surface area contributed by atoms with Crippen LogP contribution in [-0.2, 0) is 62.4 Å².